The van der Waals surface area contributed by atoms with Crippen LogP contribution in [0.5, 0.6) is 0 Å². The van der Waals surface area contributed by atoms with Crippen molar-refractivity contribution >= 4 is 23.5 Å². The summed E-state index contributed by atoms with van der Waals surface area (Å²) in [5, 5.41) is 1.31. The number of nitrogens with two attached hydrogens (primary N) is 1. The molecule has 110 valence electrons. The number of aryl methyl sites for hydroxylation is 1. The molecule has 4 atom stereocenters. The summed E-state index contributed by atoms with van der Waals surface area (Å²) in [4.78, 5) is 4.67. The monoisotopic (exact) mass is 308 g/mol. The lowest BCUT2D eigenvalue weighted by Crippen LogP contribution is -2.46. The molecule has 0 radical (unpaired) electrons. The fraction of sp³-hybridized carbons (Fsp3) is 0.688. The van der Waals surface area contributed by atoms with Crippen LogP contribution in [0.25, 0.3) is 0 Å². The van der Waals surface area contributed by atoms with Gasteiger partial charge in [-0.2, -0.15) is 23.5 Å². The minimum absolute atomic E-state index is 0.256. The highest BCUT2D eigenvalue weighted by atomic mass is 32.2. The number of thioether (sulfide) groups is 2. The molecule has 0 aromatic carbocycles. The maximum absolute atomic E-state index is 6.73. The van der Waals surface area contributed by atoms with Crippen LogP contribution in [0.4, 0.5) is 0 Å². The average molecular weight is 309 g/mol. The van der Waals surface area contributed by atoms with Crippen LogP contribution >= 0.6 is 23.5 Å². The van der Waals surface area contributed by atoms with E-state index < -0.39 is 0 Å². The van der Waals surface area contributed by atoms with E-state index in [1.165, 1.54) is 48.4 Å². The first-order valence-corrected chi connectivity index (χ1v) is 9.83. The van der Waals surface area contributed by atoms with E-state index in [0.29, 0.717) is 11.2 Å². The summed E-state index contributed by atoms with van der Waals surface area (Å²) >= 11 is 4.22. The van der Waals surface area contributed by atoms with E-state index in [9.17, 15) is 0 Å². The van der Waals surface area contributed by atoms with E-state index in [1.54, 1.807) is 0 Å². The zero-order valence-corrected chi connectivity index (χ0v) is 13.8. The van der Waals surface area contributed by atoms with Crippen LogP contribution in [0, 0.1) is 0 Å². The van der Waals surface area contributed by atoms with Crippen molar-refractivity contribution < 1.29 is 0 Å². The molecular weight excluding hydrogens is 284 g/mol. The van der Waals surface area contributed by atoms with Crippen LogP contribution in [0.15, 0.2) is 18.3 Å². The van der Waals surface area contributed by atoms with Gasteiger partial charge in [0.25, 0.3) is 0 Å². The summed E-state index contributed by atoms with van der Waals surface area (Å²) < 4.78 is 0. The first-order valence-electron chi connectivity index (χ1n) is 7.74. The molecule has 3 rings (SSSR count). The SMILES string of the molecule is CCC1SCCSC1C(N)C1CCCc2cccnc21. The summed E-state index contributed by atoms with van der Waals surface area (Å²) in [6.45, 7) is 2.30. The maximum atomic E-state index is 6.73. The predicted molar refractivity (Wildman–Crippen MR) is 90.7 cm³/mol. The summed E-state index contributed by atoms with van der Waals surface area (Å²) in [6, 6.07) is 4.56. The Hall–Kier alpha value is -0.190. The van der Waals surface area contributed by atoms with Crippen LogP contribution < -0.4 is 5.73 Å². The summed E-state index contributed by atoms with van der Waals surface area (Å²) in [7, 11) is 0. The number of aromatic nitrogens is 1. The lowest BCUT2D eigenvalue weighted by molar-refractivity contribution is 0.433. The van der Waals surface area contributed by atoms with Crippen LogP contribution in [-0.2, 0) is 6.42 Å². The van der Waals surface area contributed by atoms with Crippen LogP contribution in [0.2, 0.25) is 0 Å². The van der Waals surface area contributed by atoms with Crippen molar-refractivity contribution in [2.24, 2.45) is 5.73 Å². The average Bonchev–Trinajstić information content (AvgIpc) is 2.53. The normalized spacial score (nSPS) is 31.6. The molecule has 1 aliphatic heterocycles. The molecule has 4 unspecified atom stereocenters. The highest BCUT2D eigenvalue weighted by Gasteiger charge is 2.37. The number of rotatable bonds is 3. The molecule has 2 aliphatic rings. The van der Waals surface area contributed by atoms with Gasteiger partial charge >= 0.3 is 0 Å². The van der Waals surface area contributed by atoms with Gasteiger partial charge in [-0.05, 0) is 37.3 Å². The Bertz CT molecular complexity index is 452. The molecule has 2 nitrogen and oxygen atoms in total. The van der Waals surface area contributed by atoms with Crippen molar-refractivity contribution in [3.05, 3.63) is 29.6 Å². The van der Waals surface area contributed by atoms with Crippen molar-refractivity contribution in [3.63, 3.8) is 0 Å². The molecule has 0 spiro atoms. The maximum Gasteiger partial charge on any atom is 0.0482 e. The van der Waals surface area contributed by atoms with Gasteiger partial charge in [0.1, 0.15) is 0 Å². The van der Waals surface area contributed by atoms with Gasteiger partial charge in [-0.1, -0.05) is 13.0 Å². The number of fused-ring (bicyclic) bond motifs is 1. The molecule has 0 saturated carbocycles. The molecule has 1 aromatic heterocycles. The third kappa shape index (κ3) is 2.88. The van der Waals surface area contributed by atoms with Crippen LogP contribution in [-0.4, -0.2) is 33.0 Å². The molecular formula is C16H24N2S2. The number of hydrogen-bond donors (Lipinski definition) is 1. The Morgan fingerprint density at radius 2 is 2.25 bits per heavy atom. The number of pyridine rings is 1. The van der Waals surface area contributed by atoms with Crippen LogP contribution in [0.3, 0.4) is 0 Å². The second-order valence-corrected chi connectivity index (χ2v) is 8.41. The minimum Gasteiger partial charge on any atom is -0.326 e. The van der Waals surface area contributed by atoms with E-state index in [1.807, 2.05) is 6.20 Å². The van der Waals surface area contributed by atoms with Gasteiger partial charge < -0.3 is 5.73 Å². The Balaban J connectivity index is 1.82. The van der Waals surface area contributed by atoms with E-state index in [4.69, 9.17) is 5.73 Å². The van der Waals surface area contributed by atoms with Gasteiger partial charge in [-0.15, -0.1) is 0 Å². The lowest BCUT2D eigenvalue weighted by atomic mass is 9.80. The molecule has 4 heteroatoms. The Morgan fingerprint density at radius 1 is 1.40 bits per heavy atom. The van der Waals surface area contributed by atoms with Gasteiger partial charge in [0, 0.05) is 45.9 Å². The van der Waals surface area contributed by atoms with Crippen molar-refractivity contribution in [3.8, 4) is 0 Å². The number of nitrogens with zero attached hydrogens (tertiary/aromatic N) is 1. The zero-order chi connectivity index (χ0) is 13.9. The van der Waals surface area contributed by atoms with E-state index >= 15 is 0 Å². The number of hydrogen-bond acceptors (Lipinski definition) is 4. The Labute approximate surface area is 130 Å². The standard InChI is InChI=1S/C16H24N2S2/c1-2-13-16(20-10-9-19-13)14(17)12-7-3-5-11-6-4-8-18-15(11)12/h4,6,8,12-14,16H,2-3,5,7,9-10,17H2,1H3. The molecule has 2 N–H and O–H groups in total. The minimum atomic E-state index is 0.256. The quantitative estimate of drug-likeness (QED) is 0.928. The third-order valence-corrected chi connectivity index (χ3v) is 7.97. The third-order valence-electron chi connectivity index (χ3n) is 4.58. The molecule has 0 amide bonds. The first kappa shape index (κ1) is 14.7. The van der Waals surface area contributed by atoms with Crippen molar-refractivity contribution in [2.45, 2.75) is 55.1 Å². The largest absolute Gasteiger partial charge is 0.326 e. The highest BCUT2D eigenvalue weighted by Crippen LogP contribution is 2.41. The second kappa shape index (κ2) is 6.71. The van der Waals surface area contributed by atoms with Gasteiger partial charge in [0.05, 0.1) is 0 Å². The second-order valence-electron chi connectivity index (χ2n) is 5.78. The van der Waals surface area contributed by atoms with Gasteiger partial charge in [-0.3, -0.25) is 4.98 Å². The molecule has 20 heavy (non-hydrogen) atoms. The Kier molecular flexibility index (Phi) is 4.95. The van der Waals surface area contributed by atoms with E-state index in [0.717, 1.165) is 5.25 Å². The highest BCUT2D eigenvalue weighted by molar-refractivity contribution is 8.07. The smallest absolute Gasteiger partial charge is 0.0482 e. The summed E-state index contributed by atoms with van der Waals surface area (Å²) in [5.41, 5.74) is 9.45. The van der Waals surface area contributed by atoms with Gasteiger partial charge in [0.15, 0.2) is 0 Å². The predicted octanol–water partition coefficient (Wildman–Crippen LogP) is 3.46. The molecule has 2 heterocycles. The molecule has 1 aliphatic carbocycles. The molecule has 1 saturated heterocycles. The topological polar surface area (TPSA) is 38.9 Å². The summed E-state index contributed by atoms with van der Waals surface area (Å²) in [6.07, 6.45) is 6.82. The van der Waals surface area contributed by atoms with E-state index in [2.05, 4.69) is 47.6 Å². The van der Waals surface area contributed by atoms with Gasteiger partial charge in [-0.25, -0.2) is 0 Å². The molecule has 1 fully saturated rings. The summed E-state index contributed by atoms with van der Waals surface area (Å²) in [5.74, 6) is 3.00. The van der Waals surface area contributed by atoms with Crippen molar-refractivity contribution in [1.82, 2.24) is 4.98 Å². The fourth-order valence-electron chi connectivity index (χ4n) is 3.54. The molecule has 0 bridgehead atoms. The van der Waals surface area contributed by atoms with Crippen molar-refractivity contribution in [2.75, 3.05) is 11.5 Å². The lowest BCUT2D eigenvalue weighted by Gasteiger charge is -2.39. The van der Waals surface area contributed by atoms with Crippen molar-refractivity contribution in [1.29, 1.82) is 0 Å². The molecule has 1 aromatic rings. The first-order chi connectivity index (χ1) is 9.81. The Morgan fingerprint density at radius 3 is 3.10 bits per heavy atom. The van der Waals surface area contributed by atoms with E-state index in [-0.39, 0.29) is 6.04 Å². The zero-order valence-electron chi connectivity index (χ0n) is 12.1. The van der Waals surface area contributed by atoms with Gasteiger partial charge in [0.2, 0.25) is 0 Å². The van der Waals surface area contributed by atoms with Crippen LogP contribution in [0.1, 0.15) is 43.4 Å². The fourth-order valence-corrected chi connectivity index (χ4v) is 6.79.